The molecule has 0 radical (unpaired) electrons. The van der Waals surface area contributed by atoms with Gasteiger partial charge in [0.2, 0.25) is 0 Å². The van der Waals surface area contributed by atoms with E-state index in [1.807, 2.05) is 24.9 Å². The van der Waals surface area contributed by atoms with Crippen molar-refractivity contribution in [2.45, 2.75) is 26.8 Å². The molecule has 0 aliphatic carbocycles. The maximum absolute atomic E-state index is 5.71. The first-order chi connectivity index (χ1) is 8.11. The molecule has 0 saturated heterocycles. The Morgan fingerprint density at radius 3 is 2.88 bits per heavy atom. The molecule has 2 aromatic rings. The molecule has 0 aromatic carbocycles. The zero-order chi connectivity index (χ0) is 12.4. The number of rotatable bonds is 4. The predicted octanol–water partition coefficient (Wildman–Crippen LogP) is 1.94. The van der Waals surface area contributed by atoms with Gasteiger partial charge >= 0.3 is 0 Å². The second kappa shape index (κ2) is 4.75. The monoisotopic (exact) mass is 251 g/mol. The molecule has 0 saturated carbocycles. The number of hydrogen-bond acceptors (Lipinski definition) is 5. The number of nitrogen functional groups attached to an aromatic ring is 1. The minimum Gasteiger partial charge on any atom is -0.383 e. The van der Waals surface area contributed by atoms with Crippen LogP contribution in [0.5, 0.6) is 0 Å². The van der Waals surface area contributed by atoms with Crippen molar-refractivity contribution in [2.75, 3.05) is 11.1 Å². The summed E-state index contributed by atoms with van der Waals surface area (Å²) in [5, 5.41) is 8.81. The lowest BCUT2D eigenvalue weighted by Crippen LogP contribution is -2.01. The minimum absolute atomic E-state index is 0.611. The lowest BCUT2D eigenvalue weighted by atomic mass is 10.2. The molecule has 2 rings (SSSR count). The van der Waals surface area contributed by atoms with Gasteiger partial charge in [0.05, 0.1) is 5.69 Å². The lowest BCUT2D eigenvalue weighted by molar-refractivity contribution is 0.746. The van der Waals surface area contributed by atoms with E-state index in [1.54, 1.807) is 0 Å². The first-order valence-corrected chi connectivity index (χ1v) is 6.36. The van der Waals surface area contributed by atoms with E-state index in [-0.39, 0.29) is 0 Å². The number of nitrogens with one attached hydrogen (secondary N) is 1. The first-order valence-electron chi connectivity index (χ1n) is 5.58. The van der Waals surface area contributed by atoms with Crippen LogP contribution in [-0.4, -0.2) is 14.2 Å². The molecule has 0 aliphatic rings. The fourth-order valence-electron chi connectivity index (χ4n) is 1.72. The second-order valence-electron chi connectivity index (χ2n) is 4.00. The van der Waals surface area contributed by atoms with E-state index in [0.717, 1.165) is 29.2 Å². The highest BCUT2D eigenvalue weighted by Gasteiger charge is 2.09. The zero-order valence-electron chi connectivity index (χ0n) is 10.3. The summed E-state index contributed by atoms with van der Waals surface area (Å²) < 4.78 is 5.96. The SMILES string of the molecule is CCc1nn(C)cc1CNc1snc(N)c1C. The molecule has 5 nitrogen and oxygen atoms in total. The van der Waals surface area contributed by atoms with Crippen molar-refractivity contribution in [3.05, 3.63) is 23.0 Å². The van der Waals surface area contributed by atoms with Gasteiger partial charge in [0.1, 0.15) is 10.8 Å². The Hall–Kier alpha value is -1.56. The van der Waals surface area contributed by atoms with E-state index < -0.39 is 0 Å². The van der Waals surface area contributed by atoms with E-state index >= 15 is 0 Å². The highest BCUT2D eigenvalue weighted by molar-refractivity contribution is 7.10. The Morgan fingerprint density at radius 1 is 1.53 bits per heavy atom. The summed E-state index contributed by atoms with van der Waals surface area (Å²) in [6.45, 7) is 4.85. The van der Waals surface area contributed by atoms with Crippen LogP contribution in [0, 0.1) is 6.92 Å². The maximum Gasteiger partial charge on any atom is 0.142 e. The topological polar surface area (TPSA) is 68.8 Å². The Kier molecular flexibility index (Phi) is 3.33. The molecular formula is C11H17N5S. The normalized spacial score (nSPS) is 10.8. The van der Waals surface area contributed by atoms with Crippen LogP contribution in [0.2, 0.25) is 0 Å². The van der Waals surface area contributed by atoms with Crippen molar-refractivity contribution in [3.8, 4) is 0 Å². The fraction of sp³-hybridized carbons (Fsp3) is 0.455. The molecule has 92 valence electrons. The third-order valence-corrected chi connectivity index (χ3v) is 3.65. The number of aryl methyl sites for hydroxylation is 2. The van der Waals surface area contributed by atoms with E-state index in [0.29, 0.717) is 5.82 Å². The van der Waals surface area contributed by atoms with Gasteiger partial charge in [-0.1, -0.05) is 6.92 Å². The van der Waals surface area contributed by atoms with Crippen LogP contribution < -0.4 is 11.1 Å². The Labute approximate surface area is 105 Å². The van der Waals surface area contributed by atoms with Gasteiger partial charge in [0, 0.05) is 30.9 Å². The molecule has 0 bridgehead atoms. The molecule has 6 heteroatoms. The Morgan fingerprint density at radius 2 is 2.29 bits per heavy atom. The van der Waals surface area contributed by atoms with E-state index in [4.69, 9.17) is 5.73 Å². The largest absolute Gasteiger partial charge is 0.383 e. The number of hydrogen-bond donors (Lipinski definition) is 2. The fourth-order valence-corrected chi connectivity index (χ4v) is 2.42. The van der Waals surface area contributed by atoms with E-state index in [2.05, 4.69) is 21.7 Å². The number of nitrogens with zero attached hydrogens (tertiary/aromatic N) is 3. The van der Waals surface area contributed by atoms with Gasteiger partial charge in [-0.2, -0.15) is 9.47 Å². The van der Waals surface area contributed by atoms with Crippen LogP contribution >= 0.6 is 11.5 Å². The van der Waals surface area contributed by atoms with Gasteiger partial charge in [0.15, 0.2) is 0 Å². The third-order valence-electron chi connectivity index (χ3n) is 2.73. The highest BCUT2D eigenvalue weighted by Crippen LogP contribution is 2.26. The molecule has 0 amide bonds. The van der Waals surface area contributed by atoms with Crippen molar-refractivity contribution >= 4 is 22.4 Å². The van der Waals surface area contributed by atoms with Crippen LogP contribution in [0.3, 0.4) is 0 Å². The highest BCUT2D eigenvalue weighted by atomic mass is 32.1. The number of nitrogens with two attached hydrogens (primary N) is 1. The molecule has 2 heterocycles. The summed E-state index contributed by atoms with van der Waals surface area (Å²) in [4.78, 5) is 0. The summed E-state index contributed by atoms with van der Waals surface area (Å²) in [6, 6.07) is 0. The van der Waals surface area contributed by atoms with Gasteiger partial charge in [-0.3, -0.25) is 4.68 Å². The Balaban J connectivity index is 2.09. The van der Waals surface area contributed by atoms with Crippen molar-refractivity contribution in [1.29, 1.82) is 0 Å². The van der Waals surface area contributed by atoms with Crippen LogP contribution in [0.15, 0.2) is 6.20 Å². The maximum atomic E-state index is 5.71. The molecule has 0 atom stereocenters. The van der Waals surface area contributed by atoms with Crippen LogP contribution in [0.1, 0.15) is 23.7 Å². The summed E-state index contributed by atoms with van der Waals surface area (Å²) in [5.41, 5.74) is 9.10. The lowest BCUT2D eigenvalue weighted by Gasteiger charge is -2.03. The van der Waals surface area contributed by atoms with E-state index in [1.165, 1.54) is 17.1 Å². The molecule has 0 unspecified atom stereocenters. The molecule has 17 heavy (non-hydrogen) atoms. The summed E-state index contributed by atoms with van der Waals surface area (Å²) in [7, 11) is 1.94. The average Bonchev–Trinajstić information content (AvgIpc) is 2.82. The summed E-state index contributed by atoms with van der Waals surface area (Å²) >= 11 is 1.40. The smallest absolute Gasteiger partial charge is 0.142 e. The van der Waals surface area contributed by atoms with Gasteiger partial charge in [-0.25, -0.2) is 0 Å². The number of aromatic nitrogens is 3. The quantitative estimate of drug-likeness (QED) is 0.871. The summed E-state index contributed by atoms with van der Waals surface area (Å²) in [6.07, 6.45) is 2.99. The Bertz CT molecular complexity index is 514. The van der Waals surface area contributed by atoms with Crippen molar-refractivity contribution in [3.63, 3.8) is 0 Å². The summed E-state index contributed by atoms with van der Waals surface area (Å²) in [5.74, 6) is 0.611. The molecule has 3 N–H and O–H groups in total. The zero-order valence-corrected chi connectivity index (χ0v) is 11.1. The van der Waals surface area contributed by atoms with Gasteiger partial charge in [-0.05, 0) is 24.9 Å². The van der Waals surface area contributed by atoms with E-state index in [9.17, 15) is 0 Å². The third kappa shape index (κ3) is 2.41. The molecule has 2 aromatic heterocycles. The second-order valence-corrected chi connectivity index (χ2v) is 4.78. The molecule has 0 spiro atoms. The molecule has 0 aliphatic heterocycles. The van der Waals surface area contributed by atoms with Gasteiger partial charge < -0.3 is 11.1 Å². The van der Waals surface area contributed by atoms with Gasteiger partial charge in [-0.15, -0.1) is 0 Å². The van der Waals surface area contributed by atoms with Crippen molar-refractivity contribution in [2.24, 2.45) is 7.05 Å². The molecule has 0 fully saturated rings. The minimum atomic E-state index is 0.611. The number of anilines is 2. The average molecular weight is 251 g/mol. The van der Waals surface area contributed by atoms with Crippen molar-refractivity contribution < 1.29 is 0 Å². The first kappa shape index (κ1) is 11.9. The molecular weight excluding hydrogens is 234 g/mol. The van der Waals surface area contributed by atoms with Crippen LogP contribution in [-0.2, 0) is 20.0 Å². The predicted molar refractivity (Wildman–Crippen MR) is 71.2 cm³/mol. The van der Waals surface area contributed by atoms with Crippen LogP contribution in [0.4, 0.5) is 10.8 Å². The van der Waals surface area contributed by atoms with Crippen molar-refractivity contribution in [1.82, 2.24) is 14.2 Å². The van der Waals surface area contributed by atoms with Crippen LogP contribution in [0.25, 0.3) is 0 Å². The standard InChI is InChI=1S/C11H17N5S/c1-4-9-8(6-16(3)14-9)5-13-11-7(2)10(12)15-17-11/h6,13H,4-5H2,1-3H3,(H2,12,15). The van der Waals surface area contributed by atoms with Gasteiger partial charge in [0.25, 0.3) is 0 Å².